The third-order valence-electron chi connectivity index (χ3n) is 7.05. The third-order valence-corrected chi connectivity index (χ3v) is 7.28. The topological polar surface area (TPSA) is 86.5 Å². The van der Waals surface area contributed by atoms with Crippen LogP contribution >= 0.6 is 11.6 Å². The van der Waals surface area contributed by atoms with E-state index < -0.39 is 18.6 Å². The summed E-state index contributed by atoms with van der Waals surface area (Å²) in [5, 5.41) is 11.9. The number of benzene rings is 1. The molecule has 2 aromatic rings. The van der Waals surface area contributed by atoms with Gasteiger partial charge in [0.25, 0.3) is 5.91 Å². The van der Waals surface area contributed by atoms with Crippen molar-refractivity contribution in [2.24, 2.45) is 0 Å². The van der Waals surface area contributed by atoms with E-state index in [0.29, 0.717) is 48.2 Å². The molecule has 7 rings (SSSR count). The minimum Gasteiger partial charge on any atom is -0.480 e. The fourth-order valence-electron chi connectivity index (χ4n) is 5.52. The van der Waals surface area contributed by atoms with E-state index in [9.17, 15) is 18.0 Å². The lowest BCUT2D eigenvalue weighted by molar-refractivity contribution is -0.352. The minimum absolute atomic E-state index is 0.151. The van der Waals surface area contributed by atoms with Crippen molar-refractivity contribution in [3.05, 3.63) is 40.6 Å². The maximum atomic E-state index is 12.7. The van der Waals surface area contributed by atoms with Crippen LogP contribution in [-0.2, 0) is 21.4 Å². The van der Waals surface area contributed by atoms with Crippen LogP contribution in [0, 0.1) is 0 Å². The smallest absolute Gasteiger partial charge is 0.480 e. The SMILES string of the molecule is O=C(NC12CC(c3nnc(C4CC(OC(F)(F)F)C4)o3)(C1)C2)C1Cc2cc(Cl)ccc2O1. The summed E-state index contributed by atoms with van der Waals surface area (Å²) in [4.78, 5) is 12.7. The van der Waals surface area contributed by atoms with Gasteiger partial charge < -0.3 is 14.5 Å². The van der Waals surface area contributed by atoms with Crippen LogP contribution in [-0.4, -0.2) is 40.2 Å². The second-order valence-corrected chi connectivity index (χ2v) is 9.88. The maximum Gasteiger partial charge on any atom is 0.522 e. The van der Waals surface area contributed by atoms with Crippen molar-refractivity contribution in [2.45, 2.75) is 74.0 Å². The molecule has 0 spiro atoms. The molecule has 1 atom stereocenters. The van der Waals surface area contributed by atoms with E-state index in [1.54, 1.807) is 12.1 Å². The van der Waals surface area contributed by atoms with Crippen LogP contribution in [0.4, 0.5) is 13.2 Å². The largest absolute Gasteiger partial charge is 0.522 e. The Balaban J connectivity index is 1.02. The molecule has 1 aliphatic heterocycles. The number of amides is 1. The van der Waals surface area contributed by atoms with Crippen molar-refractivity contribution >= 4 is 17.5 Å². The molecule has 0 radical (unpaired) electrons. The number of fused-ring (bicyclic) bond motifs is 1. The van der Waals surface area contributed by atoms with E-state index in [2.05, 4.69) is 20.3 Å². The third kappa shape index (κ3) is 3.26. The summed E-state index contributed by atoms with van der Waals surface area (Å²) < 4.78 is 52.4. The van der Waals surface area contributed by atoms with Gasteiger partial charge >= 0.3 is 6.36 Å². The van der Waals surface area contributed by atoms with Gasteiger partial charge in [-0.25, -0.2) is 0 Å². The van der Waals surface area contributed by atoms with Crippen molar-refractivity contribution in [1.82, 2.24) is 15.5 Å². The van der Waals surface area contributed by atoms with Gasteiger partial charge in [-0.2, -0.15) is 0 Å². The van der Waals surface area contributed by atoms with Crippen molar-refractivity contribution in [1.29, 1.82) is 0 Å². The number of hydrogen-bond donors (Lipinski definition) is 1. The lowest BCUT2D eigenvalue weighted by Gasteiger charge is -2.68. The number of rotatable bonds is 5. The molecule has 1 aromatic heterocycles. The maximum absolute atomic E-state index is 12.7. The molecular weight excluding hydrogens is 451 g/mol. The standard InChI is InChI=1S/C21H19ClF3N3O4/c22-12-1-2-14-10(3-12)6-15(30-14)16(29)26-20-7-19(8-20,9-20)18-28-27-17(31-18)11-4-13(5-11)32-21(23,24)25/h1-3,11,13,15H,4-9H2,(H,26,29). The molecule has 32 heavy (non-hydrogen) atoms. The molecule has 1 amide bonds. The summed E-state index contributed by atoms with van der Waals surface area (Å²) in [5.74, 6) is 1.19. The Hall–Kier alpha value is -2.33. The van der Waals surface area contributed by atoms with Crippen LogP contribution in [0.1, 0.15) is 55.4 Å². The second-order valence-electron chi connectivity index (χ2n) is 9.44. The first-order valence-corrected chi connectivity index (χ1v) is 10.9. The lowest BCUT2D eigenvalue weighted by Crippen LogP contribution is -2.77. The van der Waals surface area contributed by atoms with Crippen molar-refractivity contribution in [2.75, 3.05) is 0 Å². The molecule has 4 fully saturated rings. The van der Waals surface area contributed by atoms with Gasteiger partial charge in [0, 0.05) is 22.9 Å². The van der Waals surface area contributed by atoms with Crippen molar-refractivity contribution in [3.8, 4) is 5.75 Å². The van der Waals surface area contributed by atoms with Crippen LogP contribution in [0.5, 0.6) is 5.75 Å². The molecule has 0 saturated heterocycles. The summed E-state index contributed by atoms with van der Waals surface area (Å²) in [6, 6.07) is 5.32. The number of halogens is 4. The van der Waals surface area contributed by atoms with E-state index in [0.717, 1.165) is 5.56 Å². The first kappa shape index (κ1) is 20.3. The lowest BCUT2D eigenvalue weighted by atomic mass is 9.39. The average Bonchev–Trinajstić information content (AvgIpc) is 3.25. The highest BCUT2D eigenvalue weighted by Gasteiger charge is 2.72. The van der Waals surface area contributed by atoms with E-state index in [4.69, 9.17) is 20.8 Å². The first-order valence-electron chi connectivity index (χ1n) is 10.5. The van der Waals surface area contributed by atoms with E-state index in [1.165, 1.54) is 0 Å². The zero-order chi connectivity index (χ0) is 22.3. The average molecular weight is 470 g/mol. The molecule has 1 unspecified atom stereocenters. The Morgan fingerprint density at radius 2 is 1.97 bits per heavy atom. The van der Waals surface area contributed by atoms with Gasteiger partial charge in [-0.1, -0.05) is 11.6 Å². The number of carbonyl (C=O) groups is 1. The molecule has 1 N–H and O–H groups in total. The van der Waals surface area contributed by atoms with Crippen LogP contribution < -0.4 is 10.1 Å². The Morgan fingerprint density at radius 1 is 1.22 bits per heavy atom. The first-order chi connectivity index (χ1) is 15.1. The van der Waals surface area contributed by atoms with Crippen LogP contribution in [0.15, 0.2) is 22.6 Å². The van der Waals surface area contributed by atoms with E-state index >= 15 is 0 Å². The van der Waals surface area contributed by atoms with Gasteiger partial charge in [0.05, 0.1) is 11.5 Å². The number of hydrogen-bond acceptors (Lipinski definition) is 6. The molecule has 170 valence electrons. The summed E-state index contributed by atoms with van der Waals surface area (Å²) in [7, 11) is 0. The van der Waals surface area contributed by atoms with Crippen LogP contribution in [0.25, 0.3) is 0 Å². The molecular formula is C21H19ClF3N3O4. The highest BCUT2D eigenvalue weighted by molar-refractivity contribution is 6.30. The fraction of sp³-hybridized carbons (Fsp3) is 0.571. The summed E-state index contributed by atoms with van der Waals surface area (Å²) in [5.41, 5.74) is 0.379. The van der Waals surface area contributed by atoms with Gasteiger partial charge in [0.15, 0.2) is 6.10 Å². The monoisotopic (exact) mass is 469 g/mol. The number of alkyl halides is 3. The quantitative estimate of drug-likeness (QED) is 0.717. The van der Waals surface area contributed by atoms with Crippen LogP contribution in [0.3, 0.4) is 0 Å². The van der Waals surface area contributed by atoms with Gasteiger partial charge in [-0.3, -0.25) is 9.53 Å². The summed E-state index contributed by atoms with van der Waals surface area (Å²) >= 11 is 6.01. The number of nitrogens with zero attached hydrogens (tertiary/aromatic N) is 2. The molecule has 1 aromatic carbocycles. The minimum atomic E-state index is -4.63. The molecule has 4 aliphatic carbocycles. The number of carbonyl (C=O) groups excluding carboxylic acids is 1. The Morgan fingerprint density at radius 3 is 2.69 bits per heavy atom. The Labute approximate surface area is 185 Å². The van der Waals surface area contributed by atoms with E-state index in [1.807, 2.05) is 6.07 Å². The fourth-order valence-corrected chi connectivity index (χ4v) is 5.71. The highest BCUT2D eigenvalue weighted by Crippen LogP contribution is 2.67. The highest BCUT2D eigenvalue weighted by atomic mass is 35.5. The zero-order valence-electron chi connectivity index (χ0n) is 16.7. The van der Waals surface area contributed by atoms with Gasteiger partial charge in [0.2, 0.25) is 11.8 Å². The van der Waals surface area contributed by atoms with Gasteiger partial charge in [0.1, 0.15) is 5.75 Å². The Bertz CT molecular complexity index is 1080. The van der Waals surface area contributed by atoms with E-state index in [-0.39, 0.29) is 35.6 Å². The normalized spacial score (nSPS) is 34.6. The molecule has 5 aliphatic rings. The summed E-state index contributed by atoms with van der Waals surface area (Å²) in [6.45, 7) is 0. The molecule has 11 heteroatoms. The summed E-state index contributed by atoms with van der Waals surface area (Å²) in [6.07, 6.45) is -3.06. The zero-order valence-corrected chi connectivity index (χ0v) is 17.5. The Kier molecular flexibility index (Phi) is 4.18. The second kappa shape index (κ2) is 6.60. The molecule has 4 saturated carbocycles. The van der Waals surface area contributed by atoms with Crippen molar-refractivity contribution in [3.63, 3.8) is 0 Å². The molecule has 2 heterocycles. The molecule has 7 nitrogen and oxygen atoms in total. The van der Waals surface area contributed by atoms with Gasteiger partial charge in [-0.05, 0) is 55.9 Å². The number of ether oxygens (including phenoxy) is 2. The number of nitrogens with one attached hydrogen (secondary N) is 1. The van der Waals surface area contributed by atoms with Crippen LogP contribution in [0.2, 0.25) is 5.02 Å². The predicted molar refractivity (Wildman–Crippen MR) is 103 cm³/mol. The predicted octanol–water partition coefficient (Wildman–Crippen LogP) is 3.80. The molecule has 2 bridgehead atoms. The van der Waals surface area contributed by atoms with Gasteiger partial charge in [-0.15, -0.1) is 23.4 Å². The number of aromatic nitrogens is 2. The van der Waals surface area contributed by atoms with Crippen molar-refractivity contribution < 1.29 is 31.9 Å².